The molecule has 0 saturated heterocycles. The third kappa shape index (κ3) is 4.60. The summed E-state index contributed by atoms with van der Waals surface area (Å²) in [6.45, 7) is 0.353. The number of amides is 1. The molecule has 0 aliphatic carbocycles. The first kappa shape index (κ1) is 18.1. The van der Waals surface area contributed by atoms with E-state index in [1.165, 1.54) is 13.2 Å². The van der Waals surface area contributed by atoms with Crippen LogP contribution in [0.15, 0.2) is 52.5 Å². The first-order valence-corrected chi connectivity index (χ1v) is 8.19. The lowest BCUT2D eigenvalue weighted by Crippen LogP contribution is -2.23. The zero-order chi connectivity index (χ0) is 17.5. The number of nitrogens with zero attached hydrogens (tertiary/aromatic N) is 1. The molecule has 6 heteroatoms. The Labute approximate surface area is 153 Å². The van der Waals surface area contributed by atoms with Crippen LogP contribution in [0.5, 0.6) is 5.75 Å². The van der Waals surface area contributed by atoms with Crippen LogP contribution < -0.4 is 10.1 Å². The number of methoxy groups -OCH3 is 1. The molecule has 1 N–H and O–H groups in total. The average molecular weight is 406 g/mol. The fourth-order valence-corrected chi connectivity index (χ4v) is 3.11. The van der Waals surface area contributed by atoms with Gasteiger partial charge in [0, 0.05) is 6.54 Å². The van der Waals surface area contributed by atoms with Crippen LogP contribution >= 0.6 is 27.5 Å². The van der Waals surface area contributed by atoms with Gasteiger partial charge in [0.15, 0.2) is 5.75 Å². The second-order valence-electron chi connectivity index (χ2n) is 4.86. The van der Waals surface area contributed by atoms with Gasteiger partial charge in [-0.05, 0) is 45.3 Å². The topological polar surface area (TPSA) is 62.1 Å². The van der Waals surface area contributed by atoms with Crippen molar-refractivity contribution < 1.29 is 9.53 Å². The molecule has 4 nitrogen and oxygen atoms in total. The monoisotopic (exact) mass is 404 g/mol. The highest BCUT2D eigenvalue weighted by molar-refractivity contribution is 9.10. The molecular formula is C18H14BrClN2O2. The van der Waals surface area contributed by atoms with Gasteiger partial charge in [0.2, 0.25) is 0 Å². The third-order valence-electron chi connectivity index (χ3n) is 3.20. The summed E-state index contributed by atoms with van der Waals surface area (Å²) < 4.78 is 5.80. The summed E-state index contributed by atoms with van der Waals surface area (Å²) in [5, 5.41) is 12.4. The molecule has 2 aromatic rings. The fraction of sp³-hybridized carbons (Fsp3) is 0.111. The number of ether oxygens (including phenoxy) is 1. The molecular weight excluding hydrogens is 392 g/mol. The Kier molecular flexibility index (Phi) is 6.42. The van der Waals surface area contributed by atoms with Crippen molar-refractivity contribution in [2.45, 2.75) is 6.54 Å². The largest absolute Gasteiger partial charge is 0.494 e. The van der Waals surface area contributed by atoms with E-state index >= 15 is 0 Å². The van der Waals surface area contributed by atoms with Crippen molar-refractivity contribution in [1.29, 1.82) is 5.26 Å². The van der Waals surface area contributed by atoms with Crippen LogP contribution in [0.1, 0.15) is 11.1 Å². The fourth-order valence-electron chi connectivity index (χ4n) is 2.05. The Morgan fingerprint density at radius 3 is 2.67 bits per heavy atom. The van der Waals surface area contributed by atoms with E-state index in [-0.39, 0.29) is 5.57 Å². The maximum absolute atomic E-state index is 12.2. The quantitative estimate of drug-likeness (QED) is 0.595. The van der Waals surface area contributed by atoms with Gasteiger partial charge in [-0.2, -0.15) is 5.26 Å². The molecule has 0 radical (unpaired) electrons. The van der Waals surface area contributed by atoms with Crippen molar-refractivity contribution >= 4 is 39.5 Å². The number of halogens is 2. The summed E-state index contributed by atoms with van der Waals surface area (Å²) in [4.78, 5) is 12.2. The zero-order valence-corrected chi connectivity index (χ0v) is 15.2. The van der Waals surface area contributed by atoms with Gasteiger partial charge in [0.25, 0.3) is 5.91 Å². The molecule has 0 aliphatic rings. The van der Waals surface area contributed by atoms with Gasteiger partial charge >= 0.3 is 0 Å². The Hall–Kier alpha value is -2.29. The number of hydrogen-bond donors (Lipinski definition) is 1. The Balaban J connectivity index is 2.17. The third-order valence-corrected chi connectivity index (χ3v) is 4.07. The van der Waals surface area contributed by atoms with E-state index in [2.05, 4.69) is 21.2 Å². The standard InChI is InChI=1S/C18H14BrClN2O2/c1-24-17-15(19)8-13(9-16(17)20)7-14(10-21)18(23)22-11-12-5-3-2-4-6-12/h2-9H,11H2,1H3,(H,22,23)/b14-7-. The van der Waals surface area contributed by atoms with Crippen LogP contribution in [0.3, 0.4) is 0 Å². The van der Waals surface area contributed by atoms with E-state index in [0.717, 1.165) is 5.56 Å². The number of carbonyl (C=O) groups excluding carboxylic acids is 1. The van der Waals surface area contributed by atoms with Gasteiger partial charge in [-0.25, -0.2) is 0 Å². The summed E-state index contributed by atoms with van der Waals surface area (Å²) in [6.07, 6.45) is 1.48. The summed E-state index contributed by atoms with van der Waals surface area (Å²) in [7, 11) is 1.51. The molecule has 0 unspecified atom stereocenters. The second-order valence-corrected chi connectivity index (χ2v) is 6.12. The van der Waals surface area contributed by atoms with Gasteiger partial charge < -0.3 is 10.1 Å². The SMILES string of the molecule is COc1c(Cl)cc(/C=C(/C#N)C(=O)NCc2ccccc2)cc1Br. The van der Waals surface area contributed by atoms with Crippen LogP contribution in [-0.4, -0.2) is 13.0 Å². The molecule has 2 aromatic carbocycles. The smallest absolute Gasteiger partial charge is 0.262 e. The van der Waals surface area contributed by atoms with E-state index in [1.54, 1.807) is 12.1 Å². The predicted octanol–water partition coefficient (Wildman–Crippen LogP) is 4.33. The van der Waals surface area contributed by atoms with Gasteiger partial charge in [0.1, 0.15) is 11.6 Å². The van der Waals surface area contributed by atoms with E-state index < -0.39 is 5.91 Å². The lowest BCUT2D eigenvalue weighted by molar-refractivity contribution is -0.117. The minimum absolute atomic E-state index is 0.000866. The van der Waals surface area contributed by atoms with Crippen molar-refractivity contribution in [3.8, 4) is 11.8 Å². The van der Waals surface area contributed by atoms with Crippen molar-refractivity contribution in [2.75, 3.05) is 7.11 Å². The van der Waals surface area contributed by atoms with Crippen LogP contribution in [-0.2, 0) is 11.3 Å². The maximum atomic E-state index is 12.2. The Morgan fingerprint density at radius 1 is 1.38 bits per heavy atom. The Morgan fingerprint density at radius 2 is 2.08 bits per heavy atom. The summed E-state index contributed by atoms with van der Waals surface area (Å²) in [5.74, 6) is 0.0604. The number of nitriles is 1. The lowest BCUT2D eigenvalue weighted by atomic mass is 10.1. The van der Waals surface area contributed by atoms with Gasteiger partial charge in [-0.3, -0.25) is 4.79 Å². The zero-order valence-electron chi connectivity index (χ0n) is 12.8. The number of hydrogen-bond acceptors (Lipinski definition) is 3. The van der Waals surface area contributed by atoms with Crippen LogP contribution in [0.2, 0.25) is 5.02 Å². The van der Waals surface area contributed by atoms with Gasteiger partial charge in [-0.1, -0.05) is 41.9 Å². The highest BCUT2D eigenvalue weighted by Gasteiger charge is 2.11. The molecule has 0 fully saturated rings. The van der Waals surface area contributed by atoms with E-state index in [0.29, 0.717) is 27.4 Å². The molecule has 0 saturated carbocycles. The summed E-state index contributed by atoms with van der Waals surface area (Å²) in [6, 6.07) is 14.7. The molecule has 0 spiro atoms. The highest BCUT2D eigenvalue weighted by atomic mass is 79.9. The van der Waals surface area contributed by atoms with Crippen molar-refractivity contribution in [2.24, 2.45) is 0 Å². The minimum Gasteiger partial charge on any atom is -0.494 e. The van der Waals surface area contributed by atoms with Crippen molar-refractivity contribution in [3.05, 3.63) is 68.7 Å². The van der Waals surface area contributed by atoms with Crippen molar-refractivity contribution in [1.82, 2.24) is 5.32 Å². The summed E-state index contributed by atoms with van der Waals surface area (Å²) >= 11 is 9.46. The van der Waals surface area contributed by atoms with E-state index in [4.69, 9.17) is 16.3 Å². The molecule has 0 aromatic heterocycles. The lowest BCUT2D eigenvalue weighted by Gasteiger charge is -2.08. The Bertz CT molecular complexity index is 791. The molecule has 122 valence electrons. The molecule has 2 rings (SSSR count). The molecule has 0 atom stereocenters. The highest BCUT2D eigenvalue weighted by Crippen LogP contribution is 2.34. The molecule has 0 bridgehead atoms. The number of carbonyl (C=O) groups is 1. The average Bonchev–Trinajstić information content (AvgIpc) is 2.58. The van der Waals surface area contributed by atoms with Crippen LogP contribution in [0, 0.1) is 11.3 Å². The van der Waals surface area contributed by atoms with Gasteiger partial charge in [-0.15, -0.1) is 0 Å². The van der Waals surface area contributed by atoms with Crippen molar-refractivity contribution in [3.63, 3.8) is 0 Å². The van der Waals surface area contributed by atoms with E-state index in [9.17, 15) is 10.1 Å². The number of nitrogens with one attached hydrogen (secondary N) is 1. The van der Waals surface area contributed by atoms with Gasteiger partial charge in [0.05, 0.1) is 16.6 Å². The molecule has 0 aliphatic heterocycles. The van der Waals surface area contributed by atoms with Crippen LogP contribution in [0.25, 0.3) is 6.08 Å². The first-order chi connectivity index (χ1) is 11.5. The molecule has 1 amide bonds. The molecule has 0 heterocycles. The first-order valence-electron chi connectivity index (χ1n) is 7.02. The second kappa shape index (κ2) is 8.53. The molecule has 24 heavy (non-hydrogen) atoms. The number of benzene rings is 2. The van der Waals surface area contributed by atoms with Crippen LogP contribution in [0.4, 0.5) is 0 Å². The number of rotatable bonds is 5. The normalized spacial score (nSPS) is 10.8. The van der Waals surface area contributed by atoms with E-state index in [1.807, 2.05) is 36.4 Å². The maximum Gasteiger partial charge on any atom is 0.262 e. The predicted molar refractivity (Wildman–Crippen MR) is 97.6 cm³/mol. The summed E-state index contributed by atoms with van der Waals surface area (Å²) in [5.41, 5.74) is 1.58. The minimum atomic E-state index is -0.440.